The molecule has 2 amide bonds. The summed E-state index contributed by atoms with van der Waals surface area (Å²) in [6, 6.07) is 8.35. The zero-order valence-electron chi connectivity index (χ0n) is 17.7. The van der Waals surface area contributed by atoms with Gasteiger partial charge in [0.05, 0.1) is 17.9 Å². The highest BCUT2D eigenvalue weighted by atomic mass is 16.5. The van der Waals surface area contributed by atoms with Crippen LogP contribution in [0.3, 0.4) is 0 Å². The molecule has 1 aliphatic rings. The van der Waals surface area contributed by atoms with Gasteiger partial charge in [-0.3, -0.25) is 14.3 Å². The maximum Gasteiger partial charge on any atom is 0.257 e. The lowest BCUT2D eigenvalue weighted by Gasteiger charge is -2.37. The van der Waals surface area contributed by atoms with Crippen LogP contribution in [0.5, 0.6) is 0 Å². The van der Waals surface area contributed by atoms with Crippen molar-refractivity contribution >= 4 is 11.8 Å². The van der Waals surface area contributed by atoms with Gasteiger partial charge in [-0.2, -0.15) is 5.10 Å². The third kappa shape index (κ3) is 5.03. The average Bonchev–Trinajstić information content (AvgIpc) is 3.15. The highest BCUT2D eigenvalue weighted by molar-refractivity contribution is 5.94. The minimum atomic E-state index is -0.0379. The Hall–Kier alpha value is -2.67. The summed E-state index contributed by atoms with van der Waals surface area (Å²) >= 11 is 0. The predicted molar refractivity (Wildman–Crippen MR) is 110 cm³/mol. The van der Waals surface area contributed by atoms with Crippen LogP contribution in [-0.2, 0) is 23.1 Å². The molecule has 2 atom stereocenters. The predicted octanol–water partition coefficient (Wildman–Crippen LogP) is 2.78. The Morgan fingerprint density at radius 2 is 2.00 bits per heavy atom. The van der Waals surface area contributed by atoms with E-state index in [1.807, 2.05) is 31.0 Å². The molecule has 0 spiro atoms. The van der Waals surface area contributed by atoms with Crippen molar-refractivity contribution in [3.05, 3.63) is 53.3 Å². The Balaban J connectivity index is 1.67. The highest BCUT2D eigenvalue weighted by Crippen LogP contribution is 2.31. The smallest absolute Gasteiger partial charge is 0.257 e. The van der Waals surface area contributed by atoms with E-state index in [0.717, 1.165) is 24.0 Å². The molecular formula is C22H30N4O3. The second kappa shape index (κ2) is 9.22. The Kier molecular flexibility index (Phi) is 6.69. The number of amides is 2. The molecule has 0 radical (unpaired) electrons. The van der Waals surface area contributed by atoms with Crippen LogP contribution < -0.4 is 0 Å². The minimum absolute atomic E-state index is 0.0221. The van der Waals surface area contributed by atoms with Crippen molar-refractivity contribution in [2.45, 2.75) is 45.4 Å². The molecule has 3 rings (SSSR count). The van der Waals surface area contributed by atoms with Crippen LogP contribution in [0.25, 0.3) is 0 Å². The molecule has 7 nitrogen and oxygen atoms in total. The largest absolute Gasteiger partial charge is 0.373 e. The topological polar surface area (TPSA) is 67.7 Å². The lowest BCUT2D eigenvalue weighted by molar-refractivity contribution is -0.128. The summed E-state index contributed by atoms with van der Waals surface area (Å²) in [6.45, 7) is 5.45. The summed E-state index contributed by atoms with van der Waals surface area (Å²) in [5, 5.41) is 4.12. The molecule has 1 saturated heterocycles. The molecule has 7 heteroatoms. The molecule has 1 aromatic carbocycles. The van der Waals surface area contributed by atoms with Gasteiger partial charge in [0.1, 0.15) is 0 Å². The first kappa shape index (κ1) is 21.0. The van der Waals surface area contributed by atoms with E-state index in [0.29, 0.717) is 25.3 Å². The summed E-state index contributed by atoms with van der Waals surface area (Å²) < 4.78 is 7.67. The normalized spacial score (nSPS) is 19.0. The number of carbonyl (C=O) groups is 2. The summed E-state index contributed by atoms with van der Waals surface area (Å²) in [4.78, 5) is 28.0. The molecule has 2 aromatic rings. The number of ether oxygens (including phenoxy) is 1. The Morgan fingerprint density at radius 1 is 1.28 bits per heavy atom. The zero-order chi connectivity index (χ0) is 21.0. The molecule has 0 saturated carbocycles. The van der Waals surface area contributed by atoms with Gasteiger partial charge in [0.15, 0.2) is 0 Å². The number of aromatic nitrogens is 2. The van der Waals surface area contributed by atoms with Gasteiger partial charge >= 0.3 is 0 Å². The van der Waals surface area contributed by atoms with Crippen molar-refractivity contribution < 1.29 is 14.3 Å². The number of hydrogen-bond acceptors (Lipinski definition) is 4. The second-order valence-electron chi connectivity index (χ2n) is 7.65. The van der Waals surface area contributed by atoms with Crippen molar-refractivity contribution in [2.75, 3.05) is 20.2 Å². The van der Waals surface area contributed by atoms with E-state index >= 15 is 0 Å². The number of hydrogen-bond donors (Lipinski definition) is 0. The van der Waals surface area contributed by atoms with Gasteiger partial charge in [0.25, 0.3) is 5.91 Å². The fraction of sp³-hybridized carbons (Fsp3) is 0.500. The van der Waals surface area contributed by atoms with Gasteiger partial charge in [-0.25, -0.2) is 0 Å². The SMILES string of the molecule is CCN(C(=O)c1cnn(C)c1)[C@@H]1CCO[C@H](c2ccc(CN(C)C(C)=O)cc2)C1. The van der Waals surface area contributed by atoms with E-state index in [2.05, 4.69) is 17.2 Å². The van der Waals surface area contributed by atoms with Crippen molar-refractivity contribution in [2.24, 2.45) is 7.05 Å². The zero-order valence-corrected chi connectivity index (χ0v) is 17.7. The minimum Gasteiger partial charge on any atom is -0.373 e. The van der Waals surface area contributed by atoms with E-state index in [-0.39, 0.29) is 24.0 Å². The Bertz CT molecular complexity index is 846. The average molecular weight is 399 g/mol. The molecular weight excluding hydrogens is 368 g/mol. The van der Waals surface area contributed by atoms with Gasteiger partial charge < -0.3 is 14.5 Å². The summed E-state index contributed by atoms with van der Waals surface area (Å²) in [5.74, 6) is 0.0688. The summed E-state index contributed by atoms with van der Waals surface area (Å²) in [7, 11) is 3.61. The molecule has 0 unspecified atom stereocenters. The van der Waals surface area contributed by atoms with Crippen LogP contribution in [0.2, 0.25) is 0 Å². The monoisotopic (exact) mass is 398 g/mol. The third-order valence-electron chi connectivity index (χ3n) is 5.56. The highest BCUT2D eigenvalue weighted by Gasteiger charge is 2.31. The third-order valence-corrected chi connectivity index (χ3v) is 5.56. The number of carbonyl (C=O) groups excluding carboxylic acids is 2. The molecule has 0 N–H and O–H groups in total. The molecule has 0 bridgehead atoms. The van der Waals surface area contributed by atoms with Crippen LogP contribution in [0.15, 0.2) is 36.7 Å². The van der Waals surface area contributed by atoms with E-state index in [1.54, 1.807) is 35.9 Å². The van der Waals surface area contributed by atoms with Crippen molar-refractivity contribution in [1.82, 2.24) is 19.6 Å². The van der Waals surface area contributed by atoms with Crippen molar-refractivity contribution in [3.8, 4) is 0 Å². The molecule has 1 aliphatic heterocycles. The fourth-order valence-electron chi connectivity index (χ4n) is 3.78. The van der Waals surface area contributed by atoms with Crippen molar-refractivity contribution in [1.29, 1.82) is 0 Å². The van der Waals surface area contributed by atoms with E-state index in [9.17, 15) is 9.59 Å². The Labute approximate surface area is 172 Å². The van der Waals surface area contributed by atoms with Gasteiger partial charge in [-0.15, -0.1) is 0 Å². The molecule has 156 valence electrons. The molecule has 1 fully saturated rings. The van der Waals surface area contributed by atoms with Crippen LogP contribution in [-0.4, -0.2) is 57.6 Å². The van der Waals surface area contributed by atoms with Crippen LogP contribution in [0, 0.1) is 0 Å². The standard InChI is InChI=1S/C22H30N4O3/c1-5-26(22(28)19-13-23-25(4)15-19)20-10-11-29-21(12-20)18-8-6-17(7-9-18)14-24(3)16(2)27/h6-9,13,15,20-21H,5,10-12,14H2,1-4H3/t20-,21+/m1/s1. The first-order valence-electron chi connectivity index (χ1n) is 10.1. The maximum absolute atomic E-state index is 12.9. The second-order valence-corrected chi connectivity index (χ2v) is 7.65. The molecule has 29 heavy (non-hydrogen) atoms. The maximum atomic E-state index is 12.9. The van der Waals surface area contributed by atoms with Crippen molar-refractivity contribution in [3.63, 3.8) is 0 Å². The quantitative estimate of drug-likeness (QED) is 0.750. The van der Waals surface area contributed by atoms with Crippen LogP contribution in [0.4, 0.5) is 0 Å². The lowest BCUT2D eigenvalue weighted by Crippen LogP contribution is -2.43. The molecule has 2 heterocycles. The van der Waals surface area contributed by atoms with E-state index < -0.39 is 0 Å². The first-order valence-corrected chi connectivity index (χ1v) is 10.1. The van der Waals surface area contributed by atoms with E-state index in [4.69, 9.17) is 4.74 Å². The number of benzene rings is 1. The Morgan fingerprint density at radius 3 is 2.59 bits per heavy atom. The van der Waals surface area contributed by atoms with E-state index in [1.165, 1.54) is 0 Å². The summed E-state index contributed by atoms with van der Waals surface area (Å²) in [5.41, 5.74) is 2.81. The molecule has 1 aromatic heterocycles. The van der Waals surface area contributed by atoms with Gasteiger partial charge in [0.2, 0.25) is 5.91 Å². The number of rotatable bonds is 6. The van der Waals surface area contributed by atoms with Gasteiger partial charge in [0, 0.05) is 53.0 Å². The first-order chi connectivity index (χ1) is 13.9. The number of nitrogens with zero attached hydrogens (tertiary/aromatic N) is 4. The van der Waals surface area contributed by atoms with Gasteiger partial charge in [-0.05, 0) is 30.9 Å². The lowest BCUT2D eigenvalue weighted by atomic mass is 9.95. The summed E-state index contributed by atoms with van der Waals surface area (Å²) in [6.07, 6.45) is 4.95. The van der Waals surface area contributed by atoms with Crippen LogP contribution in [0.1, 0.15) is 54.3 Å². The van der Waals surface area contributed by atoms with Gasteiger partial charge in [-0.1, -0.05) is 24.3 Å². The molecule has 0 aliphatic carbocycles. The van der Waals surface area contributed by atoms with Crippen LogP contribution >= 0.6 is 0 Å². The fourth-order valence-corrected chi connectivity index (χ4v) is 3.78. The number of aryl methyl sites for hydroxylation is 1.